The quantitative estimate of drug-likeness (QED) is 0.516. The number of aromatic carboxylic acids is 1. The summed E-state index contributed by atoms with van der Waals surface area (Å²) in [6, 6.07) is 8.12. The molecule has 0 radical (unpaired) electrons. The van der Waals surface area contributed by atoms with Gasteiger partial charge >= 0.3 is 18.0 Å². The zero-order valence-electron chi connectivity index (χ0n) is 16.5. The minimum Gasteiger partial charge on any atom is -0.508 e. The highest BCUT2D eigenvalue weighted by molar-refractivity contribution is 5.93. The van der Waals surface area contributed by atoms with Gasteiger partial charge < -0.3 is 25.4 Å². The summed E-state index contributed by atoms with van der Waals surface area (Å²) in [5, 5.41) is 38.8. The molecule has 30 heavy (non-hydrogen) atoms. The van der Waals surface area contributed by atoms with Gasteiger partial charge in [0.15, 0.2) is 6.04 Å². The molecule has 0 aliphatic rings. The van der Waals surface area contributed by atoms with Gasteiger partial charge in [-0.05, 0) is 51.1 Å². The summed E-state index contributed by atoms with van der Waals surface area (Å²) in [6.45, 7) is 4.86. The molecular formula is C20H21N3O7. The third-order valence-corrected chi connectivity index (χ3v) is 3.64. The number of carbonyl (C=O) groups excluding carboxylic acids is 1. The molecule has 1 atom stereocenters. The Labute approximate surface area is 171 Å². The fraction of sp³-hybridized carbons (Fsp3) is 0.250. The monoisotopic (exact) mass is 415 g/mol. The lowest BCUT2D eigenvalue weighted by molar-refractivity contribution is -0.139. The van der Waals surface area contributed by atoms with E-state index in [9.17, 15) is 29.7 Å². The van der Waals surface area contributed by atoms with E-state index in [1.165, 1.54) is 30.3 Å². The molecule has 0 fully saturated rings. The average Bonchev–Trinajstić information content (AvgIpc) is 2.64. The Balaban J connectivity index is 2.34. The Kier molecular flexibility index (Phi) is 6.73. The van der Waals surface area contributed by atoms with E-state index in [2.05, 4.69) is 15.5 Å². The van der Waals surface area contributed by atoms with E-state index in [1.54, 1.807) is 32.9 Å². The van der Waals surface area contributed by atoms with Gasteiger partial charge in [-0.1, -0.05) is 12.1 Å². The molecule has 0 aliphatic carbocycles. The van der Waals surface area contributed by atoms with E-state index >= 15 is 0 Å². The molecule has 0 aromatic heterocycles. The number of aromatic hydroxyl groups is 1. The normalized spacial score (nSPS) is 12.4. The second-order valence-corrected chi connectivity index (χ2v) is 7.18. The van der Waals surface area contributed by atoms with E-state index in [4.69, 9.17) is 4.74 Å². The van der Waals surface area contributed by atoms with E-state index in [1.807, 2.05) is 0 Å². The summed E-state index contributed by atoms with van der Waals surface area (Å²) >= 11 is 0. The fourth-order valence-electron chi connectivity index (χ4n) is 2.39. The Morgan fingerprint density at radius 2 is 1.70 bits per heavy atom. The van der Waals surface area contributed by atoms with Crippen LogP contribution in [0.1, 0.15) is 42.7 Å². The Bertz CT molecular complexity index is 996. The highest BCUT2D eigenvalue weighted by atomic mass is 16.6. The number of alkyl carbamates (subject to hydrolysis) is 1. The Morgan fingerprint density at radius 1 is 1.03 bits per heavy atom. The minimum absolute atomic E-state index is 0.0599. The molecule has 2 rings (SSSR count). The number of phenolic OH excluding ortho intramolecular Hbond substituents is 1. The summed E-state index contributed by atoms with van der Waals surface area (Å²) in [5.74, 6) is -2.99. The predicted molar refractivity (Wildman–Crippen MR) is 105 cm³/mol. The minimum atomic E-state index is -1.61. The maximum absolute atomic E-state index is 12.0. The van der Waals surface area contributed by atoms with E-state index in [0.717, 1.165) is 0 Å². The van der Waals surface area contributed by atoms with Crippen molar-refractivity contribution in [1.82, 2.24) is 5.32 Å². The van der Waals surface area contributed by atoms with Crippen molar-refractivity contribution in [1.29, 1.82) is 0 Å². The maximum Gasteiger partial charge on any atom is 0.408 e. The maximum atomic E-state index is 12.0. The lowest BCUT2D eigenvalue weighted by atomic mass is 10.1. The van der Waals surface area contributed by atoms with Gasteiger partial charge in [0.2, 0.25) is 0 Å². The van der Waals surface area contributed by atoms with Crippen molar-refractivity contribution in [3.63, 3.8) is 0 Å². The number of azo groups is 1. The number of ether oxygens (including phenoxy) is 1. The van der Waals surface area contributed by atoms with E-state index in [0.29, 0.717) is 0 Å². The zero-order valence-corrected chi connectivity index (χ0v) is 16.5. The van der Waals surface area contributed by atoms with E-state index in [-0.39, 0.29) is 28.3 Å². The van der Waals surface area contributed by atoms with Crippen molar-refractivity contribution in [2.75, 3.05) is 0 Å². The molecule has 158 valence electrons. The summed E-state index contributed by atoms with van der Waals surface area (Å²) in [4.78, 5) is 34.9. The molecule has 10 heteroatoms. The second-order valence-electron chi connectivity index (χ2n) is 7.18. The second kappa shape index (κ2) is 9.03. The smallest absolute Gasteiger partial charge is 0.408 e. The number of carbonyl (C=O) groups is 3. The average molecular weight is 415 g/mol. The van der Waals surface area contributed by atoms with E-state index < -0.39 is 29.7 Å². The number of hydrogen-bond acceptors (Lipinski definition) is 7. The number of rotatable bonds is 6. The first-order chi connectivity index (χ1) is 14.0. The molecule has 10 nitrogen and oxygen atoms in total. The number of amides is 1. The van der Waals surface area contributed by atoms with Crippen LogP contribution < -0.4 is 5.32 Å². The molecule has 0 aliphatic heterocycles. The summed E-state index contributed by atoms with van der Waals surface area (Å²) in [6.07, 6.45) is -0.975. The zero-order chi connectivity index (χ0) is 22.5. The van der Waals surface area contributed by atoms with Crippen molar-refractivity contribution in [2.24, 2.45) is 10.2 Å². The number of phenols is 1. The van der Waals surface area contributed by atoms with Crippen LogP contribution in [0.15, 0.2) is 52.7 Å². The van der Waals surface area contributed by atoms with Crippen LogP contribution in [0.2, 0.25) is 0 Å². The van der Waals surface area contributed by atoms with Crippen LogP contribution in [-0.2, 0) is 9.53 Å². The molecule has 1 amide bonds. The lowest BCUT2D eigenvalue weighted by Crippen LogP contribution is -2.38. The molecule has 0 heterocycles. The molecule has 2 aromatic rings. The van der Waals surface area contributed by atoms with Crippen LogP contribution in [0.4, 0.5) is 16.2 Å². The molecule has 2 aromatic carbocycles. The first kappa shape index (κ1) is 22.3. The Morgan fingerprint density at radius 3 is 2.30 bits per heavy atom. The number of nitrogens with zero attached hydrogens (tertiary/aromatic N) is 2. The van der Waals surface area contributed by atoms with Gasteiger partial charge in [-0.15, -0.1) is 5.11 Å². The third-order valence-electron chi connectivity index (χ3n) is 3.64. The molecular weight excluding hydrogens is 394 g/mol. The predicted octanol–water partition coefficient (Wildman–Crippen LogP) is 4.16. The first-order valence-corrected chi connectivity index (χ1v) is 8.77. The van der Waals surface area contributed by atoms with Crippen molar-refractivity contribution < 1.29 is 34.4 Å². The number of aliphatic carboxylic acids is 1. The van der Waals surface area contributed by atoms with Gasteiger partial charge in [0.05, 0.1) is 11.3 Å². The van der Waals surface area contributed by atoms with Crippen LogP contribution >= 0.6 is 0 Å². The summed E-state index contributed by atoms with van der Waals surface area (Å²) < 4.78 is 5.06. The molecule has 0 bridgehead atoms. The number of carboxylic acids is 2. The van der Waals surface area contributed by atoms with Gasteiger partial charge in [-0.3, -0.25) is 0 Å². The van der Waals surface area contributed by atoms with Gasteiger partial charge in [0.1, 0.15) is 17.0 Å². The largest absolute Gasteiger partial charge is 0.508 e. The number of nitrogens with one attached hydrogen (secondary N) is 1. The van der Waals surface area contributed by atoms with Gasteiger partial charge in [-0.25, -0.2) is 14.4 Å². The lowest BCUT2D eigenvalue weighted by Gasteiger charge is -2.22. The first-order valence-electron chi connectivity index (χ1n) is 8.77. The highest BCUT2D eigenvalue weighted by Gasteiger charge is 2.28. The van der Waals surface area contributed by atoms with Crippen LogP contribution in [0, 0.1) is 0 Å². The van der Waals surface area contributed by atoms with Crippen molar-refractivity contribution in [3.05, 3.63) is 53.6 Å². The van der Waals surface area contributed by atoms with Crippen LogP contribution in [0.25, 0.3) is 0 Å². The molecule has 4 N–H and O–H groups in total. The van der Waals surface area contributed by atoms with Gasteiger partial charge in [0, 0.05) is 5.56 Å². The van der Waals surface area contributed by atoms with Crippen molar-refractivity contribution in [3.8, 4) is 5.75 Å². The van der Waals surface area contributed by atoms with Crippen molar-refractivity contribution >= 4 is 29.4 Å². The molecule has 0 spiro atoms. The Hall–Kier alpha value is -3.95. The van der Waals surface area contributed by atoms with Crippen LogP contribution in [0.5, 0.6) is 5.75 Å². The third kappa shape index (κ3) is 6.03. The molecule has 1 unspecified atom stereocenters. The fourth-order valence-corrected chi connectivity index (χ4v) is 2.39. The van der Waals surface area contributed by atoms with Gasteiger partial charge in [0.25, 0.3) is 0 Å². The SMILES string of the molecule is CC(C)(C)OC(=O)NC(C(=O)O)c1cc(/N=N/c2ccccc2C(=O)O)ccc1O. The van der Waals surface area contributed by atoms with Crippen LogP contribution in [-0.4, -0.2) is 39.0 Å². The van der Waals surface area contributed by atoms with Gasteiger partial charge in [-0.2, -0.15) is 5.11 Å². The number of carboxylic acid groups (broad SMARTS) is 2. The standard InChI is InChI=1S/C20H21N3O7/c1-20(2,3)30-19(29)21-16(18(27)28)13-10-11(8-9-15(13)24)22-23-14-7-5-4-6-12(14)17(25)26/h4-10,16,24H,1-3H3,(H,21,29)(H,25,26)(H,27,28)/b23-22+. The molecule has 0 saturated heterocycles. The summed E-state index contributed by atoms with van der Waals surface area (Å²) in [7, 11) is 0. The number of hydrogen-bond donors (Lipinski definition) is 4. The summed E-state index contributed by atoms with van der Waals surface area (Å²) in [5.41, 5.74) is -0.809. The number of benzene rings is 2. The molecule has 0 saturated carbocycles. The highest BCUT2D eigenvalue weighted by Crippen LogP contribution is 2.31. The topological polar surface area (TPSA) is 158 Å². The van der Waals surface area contributed by atoms with Crippen molar-refractivity contribution in [2.45, 2.75) is 32.4 Å². The van der Waals surface area contributed by atoms with Crippen LogP contribution in [0.3, 0.4) is 0 Å².